The monoisotopic (exact) mass is 408 g/mol. The summed E-state index contributed by atoms with van der Waals surface area (Å²) in [5, 5.41) is 4.33. The molecule has 0 radical (unpaired) electrons. The Morgan fingerprint density at radius 3 is 2.83 bits per heavy atom. The molecule has 4 rings (SSSR count). The van der Waals surface area contributed by atoms with Gasteiger partial charge in [0.2, 0.25) is 5.89 Å². The van der Waals surface area contributed by atoms with E-state index in [1.54, 1.807) is 12.1 Å². The highest BCUT2D eigenvalue weighted by Crippen LogP contribution is 2.26. The zero-order valence-electron chi connectivity index (χ0n) is 17.6. The Kier molecular flexibility index (Phi) is 6.28. The topological polar surface area (TPSA) is 73.4 Å². The number of aryl methyl sites for hydroxylation is 2. The number of rotatable bonds is 7. The summed E-state index contributed by atoms with van der Waals surface area (Å²) in [6, 6.07) is 9.65. The molecule has 158 valence electrons. The van der Waals surface area contributed by atoms with Crippen molar-refractivity contribution in [2.75, 3.05) is 13.7 Å². The van der Waals surface area contributed by atoms with Gasteiger partial charge >= 0.3 is 5.97 Å². The van der Waals surface area contributed by atoms with Gasteiger partial charge in [-0.25, -0.2) is 9.78 Å². The molecule has 1 aliphatic heterocycles. The lowest BCUT2D eigenvalue weighted by atomic mass is 9.99. The van der Waals surface area contributed by atoms with Crippen molar-refractivity contribution in [1.29, 1.82) is 0 Å². The molecule has 0 aliphatic carbocycles. The second-order valence-electron chi connectivity index (χ2n) is 7.77. The number of carbonyl (C=O) groups is 1. The summed E-state index contributed by atoms with van der Waals surface area (Å²) in [6.07, 6.45) is 8.64. The molecule has 1 fully saturated rings. The van der Waals surface area contributed by atoms with Crippen LogP contribution in [0, 0.1) is 6.92 Å². The molecule has 3 aromatic rings. The van der Waals surface area contributed by atoms with Crippen molar-refractivity contribution in [1.82, 2.24) is 19.7 Å². The van der Waals surface area contributed by atoms with Gasteiger partial charge in [0.1, 0.15) is 5.76 Å². The summed E-state index contributed by atoms with van der Waals surface area (Å²) in [5.74, 6) is 1.08. The van der Waals surface area contributed by atoms with Crippen LogP contribution in [0.25, 0.3) is 11.5 Å². The third-order valence-electron chi connectivity index (χ3n) is 5.80. The highest BCUT2D eigenvalue weighted by Gasteiger charge is 2.24. The summed E-state index contributed by atoms with van der Waals surface area (Å²) in [6.45, 7) is 4.78. The summed E-state index contributed by atoms with van der Waals surface area (Å²) in [7, 11) is 1.38. The average molecular weight is 409 g/mol. The van der Waals surface area contributed by atoms with E-state index < -0.39 is 0 Å². The first-order chi connectivity index (χ1) is 14.6. The van der Waals surface area contributed by atoms with Gasteiger partial charge in [-0.2, -0.15) is 5.10 Å². The molecule has 0 bridgehead atoms. The lowest BCUT2D eigenvalue weighted by Crippen LogP contribution is -2.39. The third kappa shape index (κ3) is 4.62. The molecule has 30 heavy (non-hydrogen) atoms. The first kappa shape index (κ1) is 20.3. The molecule has 1 atom stereocenters. The predicted octanol–water partition coefficient (Wildman–Crippen LogP) is 4.08. The maximum atomic E-state index is 11.6. The van der Waals surface area contributed by atoms with Crippen LogP contribution in [0.15, 0.2) is 47.1 Å². The first-order valence-corrected chi connectivity index (χ1v) is 10.5. The molecule has 0 spiro atoms. The molecule has 7 heteroatoms. The van der Waals surface area contributed by atoms with E-state index in [2.05, 4.69) is 10.00 Å². The second-order valence-corrected chi connectivity index (χ2v) is 7.77. The lowest BCUT2D eigenvalue weighted by Gasteiger charge is -2.35. The maximum absolute atomic E-state index is 11.6. The van der Waals surface area contributed by atoms with Crippen molar-refractivity contribution in [3.05, 3.63) is 59.7 Å². The van der Waals surface area contributed by atoms with Crippen LogP contribution in [0.4, 0.5) is 0 Å². The van der Waals surface area contributed by atoms with E-state index in [-0.39, 0.29) is 5.97 Å². The van der Waals surface area contributed by atoms with Crippen LogP contribution in [-0.2, 0) is 17.8 Å². The number of ether oxygens (including phenoxy) is 1. The van der Waals surface area contributed by atoms with E-state index in [0.717, 1.165) is 43.1 Å². The molecule has 1 aromatic carbocycles. The summed E-state index contributed by atoms with van der Waals surface area (Å²) in [4.78, 5) is 18.9. The minimum Gasteiger partial charge on any atom is -0.465 e. The van der Waals surface area contributed by atoms with E-state index in [1.807, 2.05) is 42.2 Å². The van der Waals surface area contributed by atoms with Gasteiger partial charge in [-0.3, -0.25) is 9.58 Å². The number of nitrogens with zero attached hydrogens (tertiary/aromatic N) is 4. The normalized spacial score (nSPS) is 17.2. The van der Waals surface area contributed by atoms with E-state index >= 15 is 0 Å². The molecule has 0 N–H and O–H groups in total. The molecule has 3 heterocycles. The Morgan fingerprint density at radius 1 is 1.27 bits per heavy atom. The van der Waals surface area contributed by atoms with Crippen LogP contribution in [0.1, 0.15) is 47.5 Å². The number of hydrogen-bond acceptors (Lipinski definition) is 6. The fourth-order valence-corrected chi connectivity index (χ4v) is 4.07. The van der Waals surface area contributed by atoms with Crippen molar-refractivity contribution < 1.29 is 13.9 Å². The fourth-order valence-electron chi connectivity index (χ4n) is 4.07. The number of oxazole rings is 1. The lowest BCUT2D eigenvalue weighted by molar-refractivity contribution is 0.0600. The number of hydrogen-bond donors (Lipinski definition) is 0. The minimum absolute atomic E-state index is 0.350. The van der Waals surface area contributed by atoms with E-state index in [4.69, 9.17) is 14.1 Å². The van der Waals surface area contributed by atoms with Crippen molar-refractivity contribution >= 4 is 5.97 Å². The SMILES string of the molecule is COC(=O)c1ccc(-c2nc(CN3CCCC[C@@H]3CCn3cccn3)c(C)o2)cc1. The highest BCUT2D eigenvalue weighted by atomic mass is 16.5. The highest BCUT2D eigenvalue weighted by molar-refractivity contribution is 5.89. The molecule has 7 nitrogen and oxygen atoms in total. The van der Waals surface area contributed by atoms with Gasteiger partial charge in [-0.05, 0) is 63.1 Å². The number of aromatic nitrogens is 3. The Labute approximate surface area is 176 Å². The summed E-state index contributed by atoms with van der Waals surface area (Å²) < 4.78 is 12.7. The first-order valence-electron chi connectivity index (χ1n) is 10.5. The molecule has 1 saturated heterocycles. The molecular weight excluding hydrogens is 380 g/mol. The summed E-state index contributed by atoms with van der Waals surface area (Å²) >= 11 is 0. The van der Waals surface area contributed by atoms with Crippen LogP contribution in [0.5, 0.6) is 0 Å². The molecular formula is C23H28N4O3. The molecule has 0 saturated carbocycles. The van der Waals surface area contributed by atoms with E-state index in [0.29, 0.717) is 17.5 Å². The van der Waals surface area contributed by atoms with Crippen LogP contribution in [-0.4, -0.2) is 45.3 Å². The van der Waals surface area contributed by atoms with E-state index in [9.17, 15) is 4.79 Å². The predicted molar refractivity (Wildman–Crippen MR) is 113 cm³/mol. The van der Waals surface area contributed by atoms with Crippen LogP contribution < -0.4 is 0 Å². The molecule has 1 aliphatic rings. The van der Waals surface area contributed by atoms with Gasteiger partial charge in [0, 0.05) is 37.1 Å². The third-order valence-corrected chi connectivity index (χ3v) is 5.80. The Balaban J connectivity index is 1.44. The van der Waals surface area contributed by atoms with E-state index in [1.165, 1.54) is 26.4 Å². The van der Waals surface area contributed by atoms with Crippen molar-refractivity contribution in [3.63, 3.8) is 0 Å². The van der Waals surface area contributed by atoms with Crippen molar-refractivity contribution in [2.24, 2.45) is 0 Å². The van der Waals surface area contributed by atoms with Crippen molar-refractivity contribution in [2.45, 2.75) is 51.7 Å². The van der Waals surface area contributed by atoms with Gasteiger partial charge in [-0.1, -0.05) is 6.42 Å². The minimum atomic E-state index is -0.350. The molecule has 0 unspecified atom stereocenters. The van der Waals surface area contributed by atoms with Gasteiger partial charge < -0.3 is 9.15 Å². The van der Waals surface area contributed by atoms with Gasteiger partial charge in [-0.15, -0.1) is 0 Å². The quantitative estimate of drug-likeness (QED) is 0.549. The number of carbonyl (C=O) groups excluding carboxylic acids is 1. The fraction of sp³-hybridized carbons (Fsp3) is 0.435. The molecule has 0 amide bonds. The number of benzene rings is 1. The Hall–Kier alpha value is -2.93. The maximum Gasteiger partial charge on any atom is 0.337 e. The Morgan fingerprint density at radius 2 is 2.10 bits per heavy atom. The van der Waals surface area contributed by atoms with Crippen LogP contribution >= 0.6 is 0 Å². The number of likely N-dealkylation sites (tertiary alicyclic amines) is 1. The largest absolute Gasteiger partial charge is 0.465 e. The van der Waals surface area contributed by atoms with Crippen LogP contribution in [0.3, 0.4) is 0 Å². The standard InChI is InChI=1S/C23H28N4O3/c1-17-21(25-22(30-17)18-7-9-19(10-8-18)23(28)29-2)16-26-13-4-3-6-20(26)11-15-27-14-5-12-24-27/h5,7-10,12,14,20H,3-4,6,11,13,15-16H2,1-2H3/t20-/m1/s1. The smallest absolute Gasteiger partial charge is 0.337 e. The molecule has 2 aromatic heterocycles. The van der Waals surface area contributed by atoms with Gasteiger partial charge in [0.25, 0.3) is 0 Å². The van der Waals surface area contributed by atoms with Crippen LogP contribution in [0.2, 0.25) is 0 Å². The number of piperidine rings is 1. The zero-order valence-corrected chi connectivity index (χ0v) is 17.6. The Bertz CT molecular complexity index is 963. The summed E-state index contributed by atoms with van der Waals surface area (Å²) in [5.41, 5.74) is 2.34. The second kappa shape index (κ2) is 9.26. The average Bonchev–Trinajstić information content (AvgIpc) is 3.43. The zero-order chi connectivity index (χ0) is 20.9. The van der Waals surface area contributed by atoms with Gasteiger partial charge in [0.15, 0.2) is 0 Å². The van der Waals surface area contributed by atoms with Gasteiger partial charge in [0.05, 0.1) is 18.4 Å². The van der Waals surface area contributed by atoms with Crippen molar-refractivity contribution in [3.8, 4) is 11.5 Å². The number of esters is 1. The number of methoxy groups -OCH3 is 1.